The van der Waals surface area contributed by atoms with Crippen LogP contribution in [0, 0.1) is 0 Å². The summed E-state index contributed by atoms with van der Waals surface area (Å²) in [7, 11) is 0. The number of nitrogens with zero attached hydrogens (tertiary/aromatic N) is 1. The molecular formula is C12H22N2O2. The average Bonchev–Trinajstić information content (AvgIpc) is 2.39. The van der Waals surface area contributed by atoms with Gasteiger partial charge in [0, 0.05) is 19.5 Å². The van der Waals surface area contributed by atoms with E-state index < -0.39 is 0 Å². The largest absolute Gasteiger partial charge is 0.344 e. The molecule has 1 saturated heterocycles. The Labute approximate surface area is 97.4 Å². The van der Waals surface area contributed by atoms with Crippen molar-refractivity contribution in [3.63, 3.8) is 0 Å². The molecule has 1 N–H and O–H groups in total. The van der Waals surface area contributed by atoms with Gasteiger partial charge in [-0.1, -0.05) is 26.7 Å². The molecule has 1 heterocycles. The fourth-order valence-electron chi connectivity index (χ4n) is 1.95. The van der Waals surface area contributed by atoms with Gasteiger partial charge in [-0.15, -0.1) is 0 Å². The molecule has 92 valence electrons. The lowest BCUT2D eigenvalue weighted by atomic mass is 10.1. The molecule has 2 amide bonds. The standard InChI is InChI=1S/C12H22N2O2/c1-3-5-8-14-9-7-11(15)13-10(6-4-2)12(14)16/h10H,3-9H2,1-2H3,(H,13,15). The number of hydrogen-bond donors (Lipinski definition) is 1. The highest BCUT2D eigenvalue weighted by Crippen LogP contribution is 2.09. The molecule has 0 spiro atoms. The Morgan fingerprint density at radius 1 is 1.31 bits per heavy atom. The average molecular weight is 226 g/mol. The van der Waals surface area contributed by atoms with Gasteiger partial charge in [-0.05, 0) is 12.8 Å². The Hall–Kier alpha value is -1.06. The van der Waals surface area contributed by atoms with Crippen molar-refractivity contribution in [3.05, 3.63) is 0 Å². The molecule has 1 aliphatic heterocycles. The number of carbonyl (C=O) groups excluding carboxylic acids is 2. The monoisotopic (exact) mass is 226 g/mol. The summed E-state index contributed by atoms with van der Waals surface area (Å²) in [6.45, 7) is 5.49. The van der Waals surface area contributed by atoms with E-state index in [1.54, 1.807) is 0 Å². The summed E-state index contributed by atoms with van der Waals surface area (Å²) in [5, 5.41) is 2.81. The zero-order chi connectivity index (χ0) is 12.0. The van der Waals surface area contributed by atoms with Crippen LogP contribution in [-0.2, 0) is 9.59 Å². The van der Waals surface area contributed by atoms with Crippen LogP contribution in [0.1, 0.15) is 46.0 Å². The van der Waals surface area contributed by atoms with Gasteiger partial charge < -0.3 is 10.2 Å². The predicted octanol–water partition coefficient (Wildman–Crippen LogP) is 1.30. The van der Waals surface area contributed by atoms with Crippen LogP contribution < -0.4 is 5.32 Å². The molecule has 0 aromatic rings. The second-order valence-corrected chi connectivity index (χ2v) is 4.34. The smallest absolute Gasteiger partial charge is 0.245 e. The Morgan fingerprint density at radius 3 is 2.69 bits per heavy atom. The molecule has 0 radical (unpaired) electrons. The van der Waals surface area contributed by atoms with Crippen molar-refractivity contribution in [1.29, 1.82) is 0 Å². The summed E-state index contributed by atoms with van der Waals surface area (Å²) in [6.07, 6.45) is 4.18. The highest BCUT2D eigenvalue weighted by atomic mass is 16.2. The summed E-state index contributed by atoms with van der Waals surface area (Å²) < 4.78 is 0. The zero-order valence-corrected chi connectivity index (χ0v) is 10.3. The van der Waals surface area contributed by atoms with Crippen molar-refractivity contribution < 1.29 is 9.59 Å². The number of unbranched alkanes of at least 4 members (excludes halogenated alkanes) is 1. The van der Waals surface area contributed by atoms with Gasteiger partial charge in [-0.25, -0.2) is 0 Å². The molecule has 4 nitrogen and oxygen atoms in total. The van der Waals surface area contributed by atoms with Gasteiger partial charge in [0.15, 0.2) is 0 Å². The van der Waals surface area contributed by atoms with Crippen molar-refractivity contribution in [2.24, 2.45) is 0 Å². The van der Waals surface area contributed by atoms with E-state index >= 15 is 0 Å². The molecular weight excluding hydrogens is 204 g/mol. The lowest BCUT2D eigenvalue weighted by molar-refractivity contribution is -0.133. The van der Waals surface area contributed by atoms with Gasteiger partial charge in [0.05, 0.1) is 0 Å². The van der Waals surface area contributed by atoms with Crippen molar-refractivity contribution in [2.75, 3.05) is 13.1 Å². The molecule has 1 fully saturated rings. The molecule has 0 bridgehead atoms. The number of rotatable bonds is 5. The van der Waals surface area contributed by atoms with E-state index in [-0.39, 0.29) is 17.9 Å². The van der Waals surface area contributed by atoms with Gasteiger partial charge in [0.2, 0.25) is 11.8 Å². The Balaban J connectivity index is 2.63. The zero-order valence-electron chi connectivity index (χ0n) is 10.3. The Kier molecular flexibility index (Phi) is 5.29. The van der Waals surface area contributed by atoms with E-state index in [1.807, 2.05) is 11.8 Å². The normalized spacial score (nSPS) is 21.9. The fourth-order valence-corrected chi connectivity index (χ4v) is 1.95. The second-order valence-electron chi connectivity index (χ2n) is 4.34. The van der Waals surface area contributed by atoms with Crippen LogP contribution >= 0.6 is 0 Å². The minimum Gasteiger partial charge on any atom is -0.344 e. The topological polar surface area (TPSA) is 49.4 Å². The maximum absolute atomic E-state index is 12.1. The van der Waals surface area contributed by atoms with Crippen LogP contribution in [0.4, 0.5) is 0 Å². The van der Waals surface area contributed by atoms with Gasteiger partial charge in [-0.3, -0.25) is 9.59 Å². The number of nitrogens with one attached hydrogen (secondary N) is 1. The molecule has 4 heteroatoms. The molecule has 1 atom stereocenters. The summed E-state index contributed by atoms with van der Waals surface area (Å²) in [5.74, 6) is 0.104. The maximum atomic E-state index is 12.1. The molecule has 1 unspecified atom stereocenters. The van der Waals surface area contributed by atoms with Crippen LogP contribution in [0.15, 0.2) is 0 Å². The van der Waals surface area contributed by atoms with Crippen LogP contribution in [0.25, 0.3) is 0 Å². The molecule has 0 aromatic heterocycles. The van der Waals surface area contributed by atoms with E-state index in [9.17, 15) is 9.59 Å². The Morgan fingerprint density at radius 2 is 2.06 bits per heavy atom. The quantitative estimate of drug-likeness (QED) is 0.768. The van der Waals surface area contributed by atoms with Crippen molar-refractivity contribution in [3.8, 4) is 0 Å². The minimum atomic E-state index is -0.295. The SMILES string of the molecule is CCCCN1CCC(=O)NC(CCC)C1=O. The molecule has 16 heavy (non-hydrogen) atoms. The first kappa shape index (κ1) is 13.0. The lowest BCUT2D eigenvalue weighted by Crippen LogP contribution is -2.44. The first-order chi connectivity index (χ1) is 7.69. The van der Waals surface area contributed by atoms with Crippen LogP contribution in [0.3, 0.4) is 0 Å². The molecule has 1 rings (SSSR count). The summed E-state index contributed by atoms with van der Waals surface area (Å²) in [4.78, 5) is 25.4. The molecule has 1 aliphatic rings. The van der Waals surface area contributed by atoms with Crippen LogP contribution in [0.5, 0.6) is 0 Å². The molecule has 0 saturated carbocycles. The van der Waals surface area contributed by atoms with E-state index in [4.69, 9.17) is 0 Å². The van der Waals surface area contributed by atoms with Crippen molar-refractivity contribution >= 4 is 11.8 Å². The summed E-state index contributed by atoms with van der Waals surface area (Å²) >= 11 is 0. The third-order valence-electron chi connectivity index (χ3n) is 2.91. The predicted molar refractivity (Wildman–Crippen MR) is 62.9 cm³/mol. The second kappa shape index (κ2) is 6.51. The molecule has 0 aromatic carbocycles. The van der Waals surface area contributed by atoms with E-state index in [0.29, 0.717) is 13.0 Å². The minimum absolute atomic E-state index is 0.00537. The van der Waals surface area contributed by atoms with E-state index in [0.717, 1.165) is 32.2 Å². The van der Waals surface area contributed by atoms with Crippen molar-refractivity contribution in [2.45, 2.75) is 52.0 Å². The van der Waals surface area contributed by atoms with Crippen molar-refractivity contribution in [1.82, 2.24) is 10.2 Å². The van der Waals surface area contributed by atoms with Gasteiger partial charge in [-0.2, -0.15) is 0 Å². The van der Waals surface area contributed by atoms with Gasteiger partial charge in [0.25, 0.3) is 0 Å². The summed E-state index contributed by atoms with van der Waals surface area (Å²) in [5.41, 5.74) is 0. The number of hydrogen-bond acceptors (Lipinski definition) is 2. The van der Waals surface area contributed by atoms with Gasteiger partial charge >= 0.3 is 0 Å². The van der Waals surface area contributed by atoms with E-state index in [1.165, 1.54) is 0 Å². The first-order valence-corrected chi connectivity index (χ1v) is 6.27. The molecule has 0 aliphatic carbocycles. The third kappa shape index (κ3) is 3.51. The van der Waals surface area contributed by atoms with Crippen LogP contribution in [0.2, 0.25) is 0 Å². The Bertz CT molecular complexity index is 253. The lowest BCUT2D eigenvalue weighted by Gasteiger charge is -2.23. The maximum Gasteiger partial charge on any atom is 0.245 e. The number of amides is 2. The highest BCUT2D eigenvalue weighted by molar-refractivity contribution is 5.89. The fraction of sp³-hybridized carbons (Fsp3) is 0.833. The van der Waals surface area contributed by atoms with Crippen LogP contribution in [-0.4, -0.2) is 35.8 Å². The third-order valence-corrected chi connectivity index (χ3v) is 2.91. The van der Waals surface area contributed by atoms with Gasteiger partial charge in [0.1, 0.15) is 6.04 Å². The summed E-state index contributed by atoms with van der Waals surface area (Å²) in [6, 6.07) is -0.295. The van der Waals surface area contributed by atoms with E-state index in [2.05, 4.69) is 12.2 Å². The number of carbonyl (C=O) groups is 2. The first-order valence-electron chi connectivity index (χ1n) is 6.27. The highest BCUT2D eigenvalue weighted by Gasteiger charge is 2.28.